The van der Waals surface area contributed by atoms with Crippen LogP contribution in [-0.2, 0) is 4.79 Å². The Labute approximate surface area is 191 Å². The number of hydrogen-bond donors (Lipinski definition) is 2. The molecule has 0 aliphatic carbocycles. The first kappa shape index (κ1) is 25.1. The van der Waals surface area contributed by atoms with Crippen LogP contribution in [0, 0.1) is 0 Å². The molecule has 1 unspecified atom stereocenters. The molecular weight excluding hydrogens is 481 g/mol. The van der Waals surface area contributed by atoms with Crippen LogP contribution in [-0.4, -0.2) is 70.2 Å². The largest absolute Gasteiger partial charge is 0.497 e. The zero-order chi connectivity index (χ0) is 20.5. The van der Waals surface area contributed by atoms with E-state index in [1.807, 2.05) is 19.1 Å². The van der Waals surface area contributed by atoms with E-state index in [9.17, 15) is 4.79 Å². The fourth-order valence-electron chi connectivity index (χ4n) is 3.01. The Morgan fingerprint density at radius 1 is 1.41 bits per heavy atom. The maximum atomic E-state index is 11.9. The highest BCUT2D eigenvalue weighted by atomic mass is 127. The van der Waals surface area contributed by atoms with Gasteiger partial charge in [0.25, 0.3) is 0 Å². The molecule has 0 radical (unpaired) electrons. The number of likely N-dealkylation sites (N-methyl/N-ethyl adjacent to an activating group) is 1. The van der Waals surface area contributed by atoms with Gasteiger partial charge in [-0.25, -0.2) is 4.99 Å². The number of carbonyl (C=O) groups is 1. The van der Waals surface area contributed by atoms with Gasteiger partial charge in [-0.05, 0) is 31.9 Å². The first-order chi connectivity index (χ1) is 13.4. The number of ether oxygens (including phenoxy) is 1. The van der Waals surface area contributed by atoms with Crippen LogP contribution in [0.3, 0.4) is 0 Å². The quantitative estimate of drug-likeness (QED) is 0.253. The van der Waals surface area contributed by atoms with Gasteiger partial charge in [-0.2, -0.15) is 0 Å². The van der Waals surface area contributed by atoms with Crippen LogP contribution in [0.2, 0.25) is 0 Å². The van der Waals surface area contributed by atoms with Crippen molar-refractivity contribution < 1.29 is 9.53 Å². The second-order valence-corrected chi connectivity index (χ2v) is 7.39. The third-order valence-corrected chi connectivity index (χ3v) is 4.61. The molecule has 1 aliphatic heterocycles. The summed E-state index contributed by atoms with van der Waals surface area (Å²) in [4.78, 5) is 20.3. The van der Waals surface area contributed by atoms with Gasteiger partial charge in [0.1, 0.15) is 12.3 Å². The van der Waals surface area contributed by atoms with Gasteiger partial charge >= 0.3 is 0 Å². The van der Waals surface area contributed by atoms with Gasteiger partial charge in [0.15, 0.2) is 5.96 Å². The number of carbonyl (C=O) groups excluding carboxylic acids is 1. The zero-order valence-electron chi connectivity index (χ0n) is 17.9. The number of nitrogens with one attached hydrogen (secondary N) is 2. The number of aliphatic imine (C=N–C) groups is 1. The number of piperidine rings is 1. The molecule has 1 aromatic carbocycles. The second kappa shape index (κ2) is 12.6. The summed E-state index contributed by atoms with van der Waals surface area (Å²) in [6, 6.07) is 8.38. The highest BCUT2D eigenvalue weighted by molar-refractivity contribution is 14.0. The highest BCUT2D eigenvalue weighted by Crippen LogP contribution is 2.24. The number of guanidine groups is 1. The van der Waals surface area contributed by atoms with Crippen LogP contribution in [0.5, 0.6) is 5.75 Å². The van der Waals surface area contributed by atoms with E-state index >= 15 is 0 Å². The van der Waals surface area contributed by atoms with Gasteiger partial charge in [0.2, 0.25) is 5.91 Å². The summed E-state index contributed by atoms with van der Waals surface area (Å²) < 4.78 is 5.35. The summed E-state index contributed by atoms with van der Waals surface area (Å²) in [6.45, 7) is 8.49. The molecular formula is C21H34IN5O2. The number of methoxy groups -OCH3 is 1. The lowest BCUT2D eigenvalue weighted by Gasteiger charge is -2.35. The Morgan fingerprint density at radius 3 is 2.83 bits per heavy atom. The van der Waals surface area contributed by atoms with Gasteiger partial charge in [-0.1, -0.05) is 18.2 Å². The fourth-order valence-corrected chi connectivity index (χ4v) is 3.01. The topological polar surface area (TPSA) is 69.2 Å². The molecule has 0 bridgehead atoms. The molecule has 1 aliphatic rings. The Balaban J connectivity index is 0.00000420. The van der Waals surface area contributed by atoms with Crippen molar-refractivity contribution in [1.82, 2.24) is 15.5 Å². The molecule has 29 heavy (non-hydrogen) atoms. The molecule has 0 spiro atoms. The maximum Gasteiger partial charge on any atom is 0.243 e. The molecule has 1 heterocycles. The summed E-state index contributed by atoms with van der Waals surface area (Å²) >= 11 is 0. The number of nitrogens with zero attached hydrogens (tertiary/aromatic N) is 3. The first-order valence-electron chi connectivity index (χ1n) is 9.67. The van der Waals surface area contributed by atoms with E-state index in [0.29, 0.717) is 12.5 Å². The molecule has 162 valence electrons. The molecule has 1 atom stereocenters. The monoisotopic (exact) mass is 515 g/mol. The summed E-state index contributed by atoms with van der Waals surface area (Å²) in [5, 5.41) is 6.75. The molecule has 0 aromatic heterocycles. The maximum absolute atomic E-state index is 11.9. The Bertz CT molecular complexity index is 708. The number of rotatable bonds is 7. The number of anilines is 1. The minimum absolute atomic E-state index is 0. The summed E-state index contributed by atoms with van der Waals surface area (Å²) in [6.07, 6.45) is 2.13. The average molecular weight is 515 g/mol. The Hall–Kier alpha value is -1.97. The lowest BCUT2D eigenvalue weighted by Crippen LogP contribution is -2.51. The van der Waals surface area contributed by atoms with Gasteiger partial charge in [0, 0.05) is 51.5 Å². The van der Waals surface area contributed by atoms with Crippen molar-refractivity contribution in [2.24, 2.45) is 4.99 Å². The normalized spacial score (nSPS) is 16.5. The summed E-state index contributed by atoms with van der Waals surface area (Å²) in [5.41, 5.74) is 2.16. The van der Waals surface area contributed by atoms with Crippen LogP contribution in [0.25, 0.3) is 0 Å². The van der Waals surface area contributed by atoms with Gasteiger partial charge in [0.05, 0.1) is 7.11 Å². The van der Waals surface area contributed by atoms with E-state index in [-0.39, 0.29) is 42.5 Å². The molecule has 7 nitrogen and oxygen atoms in total. The van der Waals surface area contributed by atoms with E-state index in [1.54, 1.807) is 26.1 Å². The molecule has 1 saturated heterocycles. The lowest BCUT2D eigenvalue weighted by molar-refractivity contribution is -0.127. The number of hydrogen-bond acceptors (Lipinski definition) is 4. The first-order valence-corrected chi connectivity index (χ1v) is 9.67. The third kappa shape index (κ3) is 8.51. The smallest absolute Gasteiger partial charge is 0.243 e. The standard InChI is InChI=1S/C21H33N5O2.HI/c1-16(2)13-22-21(23-14-20(27)25(3)4)24-17-8-7-11-26(15-17)18-9-6-10-19(12-18)28-5;/h6,9-10,12,17H,1,7-8,11,13-15H2,2-5H3,(H2,22,23,24);1H. The van der Waals surface area contributed by atoms with Crippen molar-refractivity contribution in [3.63, 3.8) is 0 Å². The third-order valence-electron chi connectivity index (χ3n) is 4.61. The van der Waals surface area contributed by atoms with E-state index < -0.39 is 0 Å². The van der Waals surface area contributed by atoms with E-state index in [4.69, 9.17) is 4.74 Å². The zero-order valence-corrected chi connectivity index (χ0v) is 20.2. The fraction of sp³-hybridized carbons (Fsp3) is 0.524. The summed E-state index contributed by atoms with van der Waals surface area (Å²) in [7, 11) is 5.16. The number of halogens is 1. The van der Waals surface area contributed by atoms with Crippen LogP contribution < -0.4 is 20.3 Å². The molecule has 2 N–H and O–H groups in total. The minimum Gasteiger partial charge on any atom is -0.497 e. The van der Waals surface area contributed by atoms with Gasteiger partial charge < -0.3 is 25.2 Å². The van der Waals surface area contributed by atoms with Crippen molar-refractivity contribution in [2.45, 2.75) is 25.8 Å². The van der Waals surface area contributed by atoms with Crippen LogP contribution >= 0.6 is 24.0 Å². The molecule has 1 amide bonds. The highest BCUT2D eigenvalue weighted by Gasteiger charge is 2.21. The van der Waals surface area contributed by atoms with E-state index in [0.717, 1.165) is 42.9 Å². The molecule has 1 fully saturated rings. The lowest BCUT2D eigenvalue weighted by atomic mass is 10.0. The molecule has 1 aromatic rings. The number of amides is 1. The average Bonchev–Trinajstić information content (AvgIpc) is 2.69. The minimum atomic E-state index is -0.0296. The van der Waals surface area contributed by atoms with Gasteiger partial charge in [-0.3, -0.25) is 4.79 Å². The Kier molecular flexibility index (Phi) is 10.9. The van der Waals surface area contributed by atoms with E-state index in [2.05, 4.69) is 39.2 Å². The van der Waals surface area contributed by atoms with Crippen molar-refractivity contribution in [1.29, 1.82) is 0 Å². The SMILES string of the molecule is C=C(C)CNC(=NCC(=O)N(C)C)NC1CCCN(c2cccc(OC)c2)C1.I. The predicted molar refractivity (Wildman–Crippen MR) is 131 cm³/mol. The molecule has 2 rings (SSSR count). The Morgan fingerprint density at radius 2 is 2.17 bits per heavy atom. The number of benzene rings is 1. The van der Waals surface area contributed by atoms with Crippen LogP contribution in [0.4, 0.5) is 5.69 Å². The van der Waals surface area contributed by atoms with Crippen molar-refractivity contribution in [2.75, 3.05) is 52.3 Å². The van der Waals surface area contributed by atoms with Crippen molar-refractivity contribution in [3.8, 4) is 5.75 Å². The van der Waals surface area contributed by atoms with Crippen molar-refractivity contribution in [3.05, 3.63) is 36.4 Å². The molecule has 8 heteroatoms. The van der Waals surface area contributed by atoms with Crippen LogP contribution in [0.15, 0.2) is 41.4 Å². The van der Waals surface area contributed by atoms with E-state index in [1.165, 1.54) is 0 Å². The van der Waals surface area contributed by atoms with Crippen molar-refractivity contribution >= 4 is 41.5 Å². The molecule has 0 saturated carbocycles. The second-order valence-electron chi connectivity index (χ2n) is 7.39. The predicted octanol–water partition coefficient (Wildman–Crippen LogP) is 2.48. The van der Waals surface area contributed by atoms with Gasteiger partial charge in [-0.15, -0.1) is 24.0 Å². The summed E-state index contributed by atoms with van der Waals surface area (Å²) in [5.74, 6) is 1.48. The van der Waals surface area contributed by atoms with Crippen LogP contribution in [0.1, 0.15) is 19.8 Å².